The number of anilines is 1. The molecular weight excluding hydrogens is 224 g/mol. The van der Waals surface area contributed by atoms with Gasteiger partial charge in [0.15, 0.2) is 0 Å². The van der Waals surface area contributed by atoms with Gasteiger partial charge in [-0.25, -0.2) is 0 Å². The lowest BCUT2D eigenvalue weighted by Crippen LogP contribution is -2.40. The fourth-order valence-electron chi connectivity index (χ4n) is 1.84. The predicted octanol–water partition coefficient (Wildman–Crippen LogP) is 3.12. The number of rotatable bonds is 5. The summed E-state index contributed by atoms with van der Waals surface area (Å²) < 4.78 is 0. The van der Waals surface area contributed by atoms with Gasteiger partial charge in [-0.2, -0.15) is 0 Å². The Morgan fingerprint density at radius 1 is 1.28 bits per heavy atom. The maximum absolute atomic E-state index is 12.1. The van der Waals surface area contributed by atoms with Crippen molar-refractivity contribution in [2.45, 2.75) is 46.1 Å². The monoisotopic (exact) mass is 248 g/mol. The molecule has 0 aliphatic heterocycles. The van der Waals surface area contributed by atoms with E-state index in [2.05, 4.69) is 19.2 Å². The Labute approximate surface area is 110 Å². The summed E-state index contributed by atoms with van der Waals surface area (Å²) in [5.41, 5.74) is 7.95. The third-order valence-corrected chi connectivity index (χ3v) is 3.40. The number of nitrogens with two attached hydrogens (primary N) is 1. The maximum Gasteiger partial charge on any atom is 0.241 e. The van der Waals surface area contributed by atoms with Gasteiger partial charge in [-0.3, -0.25) is 4.79 Å². The van der Waals surface area contributed by atoms with Gasteiger partial charge in [0.1, 0.15) is 0 Å². The lowest BCUT2D eigenvalue weighted by molar-refractivity contribution is -0.118. The van der Waals surface area contributed by atoms with E-state index >= 15 is 0 Å². The minimum atomic E-state index is -0.449. The first-order valence-corrected chi connectivity index (χ1v) is 6.62. The van der Waals surface area contributed by atoms with Crippen molar-refractivity contribution in [3.63, 3.8) is 0 Å². The molecule has 0 spiro atoms. The van der Waals surface area contributed by atoms with Crippen LogP contribution in [0.2, 0.25) is 0 Å². The third kappa shape index (κ3) is 3.57. The average Bonchev–Trinajstić information content (AvgIpc) is 2.37. The van der Waals surface area contributed by atoms with Crippen LogP contribution in [0.25, 0.3) is 0 Å². The molecule has 1 amide bonds. The molecule has 0 heterocycles. The molecule has 0 aliphatic rings. The van der Waals surface area contributed by atoms with Crippen LogP contribution in [-0.4, -0.2) is 11.9 Å². The number of hydrogen-bond donors (Lipinski definition) is 2. The largest absolute Gasteiger partial charge is 0.324 e. The summed E-state index contributed by atoms with van der Waals surface area (Å²) in [6.45, 7) is 8.26. The summed E-state index contributed by atoms with van der Waals surface area (Å²) in [6.07, 6.45) is 0.903. The quantitative estimate of drug-likeness (QED) is 0.841. The molecule has 3 N–H and O–H groups in total. The summed E-state index contributed by atoms with van der Waals surface area (Å²) in [6, 6.07) is 7.43. The molecule has 0 saturated heterocycles. The van der Waals surface area contributed by atoms with Gasteiger partial charge in [-0.05, 0) is 23.5 Å². The van der Waals surface area contributed by atoms with Crippen molar-refractivity contribution >= 4 is 11.6 Å². The Kier molecular flexibility index (Phi) is 5.35. The summed E-state index contributed by atoms with van der Waals surface area (Å²) in [5, 5.41) is 2.94. The fourth-order valence-corrected chi connectivity index (χ4v) is 1.84. The van der Waals surface area contributed by atoms with Gasteiger partial charge in [-0.15, -0.1) is 0 Å². The van der Waals surface area contributed by atoms with E-state index in [-0.39, 0.29) is 11.8 Å². The standard InChI is InChI=1S/C15H24N2O/c1-5-11(4)14(16)15(18)17-13-9-7-6-8-12(13)10(2)3/h6-11,14H,5,16H2,1-4H3,(H,17,18)/t11-,14-/m0/s1. The first-order chi connectivity index (χ1) is 8.47. The van der Waals surface area contributed by atoms with Gasteiger partial charge < -0.3 is 11.1 Å². The predicted molar refractivity (Wildman–Crippen MR) is 76.6 cm³/mol. The van der Waals surface area contributed by atoms with Crippen molar-refractivity contribution in [1.82, 2.24) is 0 Å². The minimum absolute atomic E-state index is 0.0996. The molecule has 1 aromatic rings. The van der Waals surface area contributed by atoms with E-state index < -0.39 is 6.04 Å². The highest BCUT2D eigenvalue weighted by Gasteiger charge is 2.20. The summed E-state index contributed by atoms with van der Waals surface area (Å²) >= 11 is 0. The van der Waals surface area contributed by atoms with Crippen molar-refractivity contribution in [1.29, 1.82) is 0 Å². The molecule has 0 saturated carbocycles. The number of benzene rings is 1. The highest BCUT2D eigenvalue weighted by Crippen LogP contribution is 2.24. The first kappa shape index (κ1) is 14.7. The van der Waals surface area contributed by atoms with Crippen LogP contribution in [0.3, 0.4) is 0 Å². The molecule has 18 heavy (non-hydrogen) atoms. The maximum atomic E-state index is 12.1. The number of amides is 1. The van der Waals surface area contributed by atoms with Crippen LogP contribution in [-0.2, 0) is 4.79 Å². The van der Waals surface area contributed by atoms with Crippen LogP contribution >= 0.6 is 0 Å². The number of hydrogen-bond acceptors (Lipinski definition) is 2. The van der Waals surface area contributed by atoms with E-state index in [9.17, 15) is 4.79 Å². The summed E-state index contributed by atoms with van der Waals surface area (Å²) in [4.78, 5) is 12.1. The first-order valence-electron chi connectivity index (χ1n) is 6.62. The molecule has 0 radical (unpaired) electrons. The second-order valence-electron chi connectivity index (χ2n) is 5.14. The zero-order valence-electron chi connectivity index (χ0n) is 11.7. The van der Waals surface area contributed by atoms with Crippen molar-refractivity contribution < 1.29 is 4.79 Å². The number of carbonyl (C=O) groups excluding carboxylic acids is 1. The van der Waals surface area contributed by atoms with Gasteiger partial charge in [0.25, 0.3) is 0 Å². The second kappa shape index (κ2) is 6.55. The molecule has 3 heteroatoms. The second-order valence-corrected chi connectivity index (χ2v) is 5.14. The molecule has 0 aromatic heterocycles. The van der Waals surface area contributed by atoms with Crippen molar-refractivity contribution in [2.24, 2.45) is 11.7 Å². The van der Waals surface area contributed by atoms with Crippen LogP contribution < -0.4 is 11.1 Å². The number of carbonyl (C=O) groups is 1. The highest BCUT2D eigenvalue weighted by atomic mass is 16.2. The smallest absolute Gasteiger partial charge is 0.241 e. The molecule has 1 aromatic carbocycles. The van der Waals surface area contributed by atoms with Crippen molar-refractivity contribution in [3.05, 3.63) is 29.8 Å². The molecule has 0 fully saturated rings. The Hall–Kier alpha value is -1.35. The van der Waals surface area contributed by atoms with Gasteiger partial charge in [0, 0.05) is 5.69 Å². The molecule has 2 atom stereocenters. The van der Waals surface area contributed by atoms with Crippen LogP contribution in [0.4, 0.5) is 5.69 Å². The van der Waals surface area contributed by atoms with Gasteiger partial charge in [0.2, 0.25) is 5.91 Å². The van der Waals surface area contributed by atoms with E-state index in [0.29, 0.717) is 5.92 Å². The zero-order valence-corrected chi connectivity index (χ0v) is 11.7. The van der Waals surface area contributed by atoms with Crippen LogP contribution in [0.1, 0.15) is 45.6 Å². The molecule has 0 aliphatic carbocycles. The Morgan fingerprint density at radius 2 is 1.89 bits per heavy atom. The van der Waals surface area contributed by atoms with Crippen LogP contribution in [0.5, 0.6) is 0 Å². The minimum Gasteiger partial charge on any atom is -0.324 e. The van der Waals surface area contributed by atoms with Gasteiger partial charge in [-0.1, -0.05) is 52.3 Å². The van der Waals surface area contributed by atoms with Crippen molar-refractivity contribution in [3.8, 4) is 0 Å². The fraction of sp³-hybridized carbons (Fsp3) is 0.533. The molecular formula is C15H24N2O. The van der Waals surface area contributed by atoms with E-state index in [1.165, 1.54) is 0 Å². The van der Waals surface area contributed by atoms with E-state index in [1.54, 1.807) is 0 Å². The molecule has 3 nitrogen and oxygen atoms in total. The molecule has 0 bridgehead atoms. The Bertz CT molecular complexity index is 401. The number of para-hydroxylation sites is 1. The third-order valence-electron chi connectivity index (χ3n) is 3.40. The Balaban J connectivity index is 2.82. The van der Waals surface area contributed by atoms with Crippen LogP contribution in [0, 0.1) is 5.92 Å². The normalized spacial score (nSPS) is 14.3. The lowest BCUT2D eigenvalue weighted by atomic mass is 9.98. The average molecular weight is 248 g/mol. The van der Waals surface area contributed by atoms with Gasteiger partial charge >= 0.3 is 0 Å². The van der Waals surface area contributed by atoms with Gasteiger partial charge in [0.05, 0.1) is 6.04 Å². The lowest BCUT2D eigenvalue weighted by Gasteiger charge is -2.20. The Morgan fingerprint density at radius 3 is 2.44 bits per heavy atom. The topological polar surface area (TPSA) is 55.1 Å². The molecule has 0 unspecified atom stereocenters. The van der Waals surface area contributed by atoms with Crippen LogP contribution in [0.15, 0.2) is 24.3 Å². The highest BCUT2D eigenvalue weighted by molar-refractivity contribution is 5.95. The molecule has 100 valence electrons. The summed E-state index contributed by atoms with van der Waals surface area (Å²) in [5.74, 6) is 0.468. The van der Waals surface area contributed by atoms with E-state index in [4.69, 9.17) is 5.73 Å². The number of nitrogens with one attached hydrogen (secondary N) is 1. The summed E-state index contributed by atoms with van der Waals surface area (Å²) in [7, 11) is 0. The zero-order chi connectivity index (χ0) is 13.7. The van der Waals surface area contributed by atoms with Crippen molar-refractivity contribution in [2.75, 3.05) is 5.32 Å². The van der Waals surface area contributed by atoms with E-state index in [0.717, 1.165) is 17.7 Å². The van der Waals surface area contributed by atoms with E-state index in [1.807, 2.05) is 38.1 Å². The molecule has 1 rings (SSSR count). The SMILES string of the molecule is CC[C@H](C)[C@H](N)C(=O)Nc1ccccc1C(C)C.